The van der Waals surface area contributed by atoms with E-state index in [0.717, 1.165) is 18.4 Å². The zero-order valence-corrected chi connectivity index (χ0v) is 17.7. The number of benzene rings is 2. The molecule has 1 N–H and O–H groups in total. The molecule has 0 saturated carbocycles. The van der Waals surface area contributed by atoms with Crippen molar-refractivity contribution in [3.8, 4) is 5.75 Å². The fourth-order valence-corrected chi connectivity index (χ4v) is 4.55. The molecule has 0 fully saturated rings. The Bertz CT molecular complexity index is 787. The van der Waals surface area contributed by atoms with E-state index in [1.165, 1.54) is 73.6 Å². The zero-order valence-electron chi connectivity index (χ0n) is 17.7. The van der Waals surface area contributed by atoms with Crippen LogP contribution in [0.5, 0.6) is 5.75 Å². The van der Waals surface area contributed by atoms with Crippen LogP contribution in [0.4, 0.5) is 0 Å². The van der Waals surface area contributed by atoms with Gasteiger partial charge in [0.25, 0.3) is 0 Å². The van der Waals surface area contributed by atoms with Gasteiger partial charge in [-0.05, 0) is 54.0 Å². The summed E-state index contributed by atoms with van der Waals surface area (Å²) in [5.74, 6) is 0.655. The van der Waals surface area contributed by atoms with Crippen LogP contribution in [0.3, 0.4) is 0 Å². The van der Waals surface area contributed by atoms with Crippen LogP contribution in [-0.2, 0) is 12.8 Å². The summed E-state index contributed by atoms with van der Waals surface area (Å²) in [5.41, 5.74) is 6.65. The van der Waals surface area contributed by atoms with Gasteiger partial charge in [0, 0.05) is 11.5 Å². The van der Waals surface area contributed by atoms with Crippen LogP contribution in [-0.4, -0.2) is 5.11 Å². The Morgan fingerprint density at radius 1 is 0.786 bits per heavy atom. The number of allylic oxidation sites excluding steroid dienone is 1. The van der Waals surface area contributed by atoms with Crippen LogP contribution >= 0.6 is 0 Å². The quantitative estimate of drug-likeness (QED) is 0.397. The highest BCUT2D eigenvalue weighted by atomic mass is 16.3. The Morgan fingerprint density at radius 2 is 1.50 bits per heavy atom. The molecule has 0 spiro atoms. The van der Waals surface area contributed by atoms with E-state index in [-0.39, 0.29) is 5.92 Å². The molecule has 3 rings (SSSR count). The lowest BCUT2D eigenvalue weighted by Crippen LogP contribution is -2.06. The van der Waals surface area contributed by atoms with Crippen LogP contribution < -0.4 is 0 Å². The minimum atomic E-state index is 0.188. The Labute approximate surface area is 171 Å². The lowest BCUT2D eigenvalue weighted by Gasteiger charge is -2.21. The number of hydrogen-bond donors (Lipinski definition) is 1. The fraction of sp³-hybridized carbons (Fsp3) is 0.481. The van der Waals surface area contributed by atoms with E-state index in [2.05, 4.69) is 56.3 Å². The van der Waals surface area contributed by atoms with Crippen LogP contribution in [0, 0.1) is 0 Å². The van der Waals surface area contributed by atoms with E-state index in [1.54, 1.807) is 0 Å². The lowest BCUT2D eigenvalue weighted by atomic mass is 9.83. The number of fused-ring (bicyclic) bond motifs is 1. The summed E-state index contributed by atoms with van der Waals surface area (Å²) < 4.78 is 0. The molecule has 1 nitrogen and oxygen atoms in total. The highest BCUT2D eigenvalue weighted by Crippen LogP contribution is 2.42. The lowest BCUT2D eigenvalue weighted by molar-refractivity contribution is 0.465. The van der Waals surface area contributed by atoms with Gasteiger partial charge in [-0.15, -0.1) is 0 Å². The second-order valence-corrected chi connectivity index (χ2v) is 8.22. The molecule has 0 bridgehead atoms. The first-order valence-corrected chi connectivity index (χ1v) is 11.4. The van der Waals surface area contributed by atoms with E-state index in [9.17, 15) is 5.11 Å². The van der Waals surface area contributed by atoms with Crippen molar-refractivity contribution in [3.63, 3.8) is 0 Å². The van der Waals surface area contributed by atoms with Gasteiger partial charge in [-0.1, -0.05) is 94.9 Å². The van der Waals surface area contributed by atoms with Crippen molar-refractivity contribution in [1.82, 2.24) is 0 Å². The molecule has 1 aliphatic rings. The number of aryl methyl sites for hydroxylation is 1. The van der Waals surface area contributed by atoms with Gasteiger partial charge in [0.05, 0.1) is 0 Å². The SMILES string of the molecule is CCCCCCc1ccc(O)c(C2C=Cc3ccccc32)c1CCCCCC. The summed E-state index contributed by atoms with van der Waals surface area (Å²) in [4.78, 5) is 0. The topological polar surface area (TPSA) is 20.2 Å². The molecule has 2 aromatic rings. The van der Waals surface area contributed by atoms with Gasteiger partial charge >= 0.3 is 0 Å². The highest BCUT2D eigenvalue weighted by molar-refractivity contribution is 5.67. The third-order valence-corrected chi connectivity index (χ3v) is 6.12. The Balaban J connectivity index is 1.91. The van der Waals surface area contributed by atoms with Gasteiger partial charge < -0.3 is 5.11 Å². The minimum Gasteiger partial charge on any atom is -0.508 e. The maximum absolute atomic E-state index is 10.9. The third-order valence-electron chi connectivity index (χ3n) is 6.12. The van der Waals surface area contributed by atoms with Gasteiger partial charge in [-0.2, -0.15) is 0 Å². The Hall–Kier alpha value is -2.02. The monoisotopic (exact) mass is 376 g/mol. The number of phenolic OH excluding ortho intramolecular Hbond substituents is 1. The molecule has 1 heteroatoms. The predicted octanol–water partition coefficient (Wildman–Crippen LogP) is 7.80. The molecule has 28 heavy (non-hydrogen) atoms. The first kappa shape index (κ1) is 20.7. The van der Waals surface area contributed by atoms with Crippen molar-refractivity contribution >= 4 is 6.08 Å². The standard InChI is InChI=1S/C27H36O/c1-3-5-7-9-13-22-18-20-26(28)27(24(22)16-10-8-6-4-2)25-19-17-21-14-11-12-15-23(21)25/h11-12,14-15,17-20,25,28H,3-10,13,16H2,1-2H3. The molecule has 1 aliphatic carbocycles. The van der Waals surface area contributed by atoms with Crippen molar-refractivity contribution in [1.29, 1.82) is 0 Å². The van der Waals surface area contributed by atoms with E-state index >= 15 is 0 Å². The molecular formula is C27H36O. The van der Waals surface area contributed by atoms with Crippen LogP contribution in [0.2, 0.25) is 0 Å². The molecular weight excluding hydrogens is 340 g/mol. The molecule has 1 atom stereocenters. The average Bonchev–Trinajstić information content (AvgIpc) is 3.13. The molecule has 0 amide bonds. The van der Waals surface area contributed by atoms with Crippen molar-refractivity contribution in [2.75, 3.05) is 0 Å². The van der Waals surface area contributed by atoms with Gasteiger partial charge in [0.1, 0.15) is 5.75 Å². The second-order valence-electron chi connectivity index (χ2n) is 8.22. The average molecular weight is 377 g/mol. The number of phenols is 1. The van der Waals surface area contributed by atoms with Gasteiger partial charge in [0.2, 0.25) is 0 Å². The molecule has 0 saturated heterocycles. The molecule has 150 valence electrons. The summed E-state index contributed by atoms with van der Waals surface area (Å²) in [6, 6.07) is 12.7. The Morgan fingerprint density at radius 3 is 2.25 bits per heavy atom. The summed E-state index contributed by atoms with van der Waals surface area (Å²) in [5, 5.41) is 10.9. The number of rotatable bonds is 11. The summed E-state index contributed by atoms with van der Waals surface area (Å²) >= 11 is 0. The molecule has 0 radical (unpaired) electrons. The molecule has 2 aromatic carbocycles. The van der Waals surface area contributed by atoms with E-state index < -0.39 is 0 Å². The maximum atomic E-state index is 10.9. The second kappa shape index (κ2) is 10.5. The van der Waals surface area contributed by atoms with Crippen LogP contribution in [0.25, 0.3) is 6.08 Å². The van der Waals surface area contributed by atoms with Crippen molar-refractivity contribution in [3.05, 3.63) is 70.3 Å². The summed E-state index contributed by atoms with van der Waals surface area (Å²) in [6.07, 6.45) is 16.9. The molecule has 0 heterocycles. The minimum absolute atomic E-state index is 0.188. The normalized spacial score (nSPS) is 15.1. The van der Waals surface area contributed by atoms with Gasteiger partial charge in [0.15, 0.2) is 0 Å². The summed E-state index contributed by atoms with van der Waals surface area (Å²) in [7, 11) is 0. The number of unbranched alkanes of at least 4 members (excludes halogenated alkanes) is 6. The van der Waals surface area contributed by atoms with E-state index in [0.29, 0.717) is 5.75 Å². The smallest absolute Gasteiger partial charge is 0.120 e. The third kappa shape index (κ3) is 4.87. The summed E-state index contributed by atoms with van der Waals surface area (Å²) in [6.45, 7) is 4.53. The molecule has 1 unspecified atom stereocenters. The van der Waals surface area contributed by atoms with Crippen molar-refractivity contribution in [2.45, 2.75) is 84.0 Å². The van der Waals surface area contributed by atoms with E-state index in [1.807, 2.05) is 6.07 Å². The molecule has 0 aromatic heterocycles. The first-order valence-electron chi connectivity index (χ1n) is 11.4. The fourth-order valence-electron chi connectivity index (χ4n) is 4.55. The predicted molar refractivity (Wildman–Crippen MR) is 121 cm³/mol. The largest absolute Gasteiger partial charge is 0.508 e. The first-order chi connectivity index (χ1) is 13.8. The van der Waals surface area contributed by atoms with Crippen molar-refractivity contribution < 1.29 is 5.11 Å². The number of aromatic hydroxyl groups is 1. The van der Waals surface area contributed by atoms with Crippen molar-refractivity contribution in [2.24, 2.45) is 0 Å². The van der Waals surface area contributed by atoms with Gasteiger partial charge in [-0.3, -0.25) is 0 Å². The zero-order chi connectivity index (χ0) is 19.8. The van der Waals surface area contributed by atoms with Crippen LogP contribution in [0.15, 0.2) is 42.5 Å². The highest BCUT2D eigenvalue weighted by Gasteiger charge is 2.25. The maximum Gasteiger partial charge on any atom is 0.120 e. The van der Waals surface area contributed by atoms with Gasteiger partial charge in [-0.25, -0.2) is 0 Å². The Kier molecular flexibility index (Phi) is 7.77. The van der Waals surface area contributed by atoms with E-state index in [4.69, 9.17) is 0 Å². The number of hydrogen-bond acceptors (Lipinski definition) is 1. The molecule has 0 aliphatic heterocycles. The van der Waals surface area contributed by atoms with Crippen LogP contribution in [0.1, 0.15) is 98.9 Å².